The summed E-state index contributed by atoms with van der Waals surface area (Å²) in [5.41, 5.74) is 5.17. The first-order valence-electron chi connectivity index (χ1n) is 11.1. The number of methoxy groups -OCH3 is 1. The molecule has 1 aliphatic carbocycles. The zero-order valence-electron chi connectivity index (χ0n) is 18.1. The van der Waals surface area contributed by atoms with Crippen molar-refractivity contribution in [1.82, 2.24) is 14.9 Å². The van der Waals surface area contributed by atoms with Gasteiger partial charge in [-0.2, -0.15) is 9.97 Å². The number of carbonyl (C=O) groups is 1. The van der Waals surface area contributed by atoms with Crippen molar-refractivity contribution in [2.45, 2.75) is 31.7 Å². The van der Waals surface area contributed by atoms with Gasteiger partial charge in [0, 0.05) is 56.4 Å². The van der Waals surface area contributed by atoms with Gasteiger partial charge in [0.2, 0.25) is 5.91 Å². The van der Waals surface area contributed by atoms with Gasteiger partial charge in [0.05, 0.1) is 12.8 Å². The molecule has 1 aromatic carbocycles. The van der Waals surface area contributed by atoms with Crippen LogP contribution in [0.5, 0.6) is 6.01 Å². The van der Waals surface area contributed by atoms with E-state index in [2.05, 4.69) is 40.6 Å². The standard InChI is InChI=1S/C24H29N5O2/c1-3-22(30)27-12-14-28(15-13-27)23-19-9-8-18(16-20(19)25-24(26-23)31-2)29-11-10-17-6-4-5-7-21(17)29/h3-7,18H,1,8-16H2,2H3/t18-/m0/s1. The number of piperazine rings is 1. The minimum absolute atomic E-state index is 0.00400. The molecule has 0 N–H and O–H groups in total. The molecule has 0 spiro atoms. The highest BCUT2D eigenvalue weighted by Crippen LogP contribution is 2.36. The van der Waals surface area contributed by atoms with Gasteiger partial charge in [0.15, 0.2) is 0 Å². The van der Waals surface area contributed by atoms with Crippen LogP contribution in [0.1, 0.15) is 23.2 Å². The molecule has 2 aromatic rings. The third kappa shape index (κ3) is 3.62. The minimum Gasteiger partial charge on any atom is -0.467 e. The maximum Gasteiger partial charge on any atom is 0.318 e. The lowest BCUT2D eigenvalue weighted by Crippen LogP contribution is -2.49. The Morgan fingerprint density at radius 2 is 1.94 bits per heavy atom. The first-order valence-corrected chi connectivity index (χ1v) is 11.1. The molecule has 1 saturated heterocycles. The Morgan fingerprint density at radius 1 is 1.13 bits per heavy atom. The van der Waals surface area contributed by atoms with Gasteiger partial charge in [-0.15, -0.1) is 0 Å². The summed E-state index contributed by atoms with van der Waals surface area (Å²) in [5.74, 6) is 0.975. The van der Waals surface area contributed by atoms with E-state index in [1.165, 1.54) is 22.9 Å². The minimum atomic E-state index is -0.00400. The van der Waals surface area contributed by atoms with E-state index in [9.17, 15) is 4.79 Å². The smallest absolute Gasteiger partial charge is 0.318 e. The number of hydrogen-bond acceptors (Lipinski definition) is 6. The topological polar surface area (TPSA) is 61.8 Å². The summed E-state index contributed by atoms with van der Waals surface area (Å²) in [5, 5.41) is 0. The highest BCUT2D eigenvalue weighted by molar-refractivity contribution is 5.87. The summed E-state index contributed by atoms with van der Waals surface area (Å²) >= 11 is 0. The number of rotatable bonds is 4. The molecule has 3 heterocycles. The number of fused-ring (bicyclic) bond motifs is 2. The molecule has 0 unspecified atom stereocenters. The molecule has 5 rings (SSSR count). The molecule has 1 atom stereocenters. The summed E-state index contributed by atoms with van der Waals surface area (Å²) in [4.78, 5) is 28.1. The summed E-state index contributed by atoms with van der Waals surface area (Å²) in [7, 11) is 1.63. The zero-order chi connectivity index (χ0) is 21.4. The van der Waals surface area contributed by atoms with E-state index in [-0.39, 0.29) is 5.91 Å². The largest absolute Gasteiger partial charge is 0.467 e. The number of para-hydroxylation sites is 1. The van der Waals surface area contributed by atoms with Gasteiger partial charge in [-0.1, -0.05) is 24.8 Å². The first-order chi connectivity index (χ1) is 15.2. The average Bonchev–Trinajstić information content (AvgIpc) is 3.26. The Bertz CT molecular complexity index is 999. The average molecular weight is 420 g/mol. The molecule has 1 fully saturated rings. The normalized spacial score (nSPS) is 20.3. The first kappa shape index (κ1) is 19.8. The van der Waals surface area contributed by atoms with Crippen molar-refractivity contribution in [1.29, 1.82) is 0 Å². The molecule has 0 bridgehead atoms. The summed E-state index contributed by atoms with van der Waals surface area (Å²) in [6.07, 6.45) is 5.47. The van der Waals surface area contributed by atoms with Crippen LogP contribution in [-0.4, -0.2) is 66.7 Å². The van der Waals surface area contributed by atoms with Crippen LogP contribution in [0, 0.1) is 0 Å². The van der Waals surface area contributed by atoms with Gasteiger partial charge >= 0.3 is 6.01 Å². The van der Waals surface area contributed by atoms with Crippen molar-refractivity contribution in [2.75, 3.05) is 49.6 Å². The third-order valence-corrected chi connectivity index (χ3v) is 6.82. The van der Waals surface area contributed by atoms with Crippen LogP contribution < -0.4 is 14.5 Å². The molecule has 7 heteroatoms. The molecule has 0 radical (unpaired) electrons. The Balaban J connectivity index is 1.39. The second-order valence-corrected chi connectivity index (χ2v) is 8.44. The van der Waals surface area contributed by atoms with E-state index in [4.69, 9.17) is 14.7 Å². The number of amides is 1. The lowest BCUT2D eigenvalue weighted by atomic mass is 9.90. The fourth-order valence-electron chi connectivity index (χ4n) is 5.19. The molecule has 7 nitrogen and oxygen atoms in total. The molecule has 0 saturated carbocycles. The van der Waals surface area contributed by atoms with Crippen LogP contribution in [0.15, 0.2) is 36.9 Å². The summed E-state index contributed by atoms with van der Waals surface area (Å²) in [6.45, 7) is 7.56. The molecule has 1 amide bonds. The predicted molar refractivity (Wildman–Crippen MR) is 121 cm³/mol. The number of hydrogen-bond donors (Lipinski definition) is 0. The SMILES string of the molecule is C=CC(=O)N1CCN(c2nc(OC)nc3c2CC[C@H](N2CCc4ccccc42)C3)CC1. The lowest BCUT2D eigenvalue weighted by molar-refractivity contribution is -0.126. The number of carbonyl (C=O) groups excluding carboxylic acids is 1. The monoisotopic (exact) mass is 419 g/mol. The highest BCUT2D eigenvalue weighted by atomic mass is 16.5. The van der Waals surface area contributed by atoms with Crippen LogP contribution in [0.4, 0.5) is 11.5 Å². The van der Waals surface area contributed by atoms with Crippen molar-refractivity contribution in [3.05, 3.63) is 53.7 Å². The fraction of sp³-hybridized carbons (Fsp3) is 0.458. The number of aromatic nitrogens is 2. The van der Waals surface area contributed by atoms with Crippen LogP contribution in [-0.2, 0) is 24.1 Å². The molecular formula is C24H29N5O2. The van der Waals surface area contributed by atoms with Crippen LogP contribution in [0.2, 0.25) is 0 Å². The van der Waals surface area contributed by atoms with Gasteiger partial charge in [0.1, 0.15) is 5.82 Å². The third-order valence-electron chi connectivity index (χ3n) is 6.82. The van der Waals surface area contributed by atoms with Crippen LogP contribution >= 0.6 is 0 Å². The maximum atomic E-state index is 11.9. The molecule has 3 aliphatic rings. The second-order valence-electron chi connectivity index (χ2n) is 8.44. The van der Waals surface area contributed by atoms with E-state index in [0.29, 0.717) is 25.1 Å². The van der Waals surface area contributed by atoms with E-state index in [1.807, 2.05) is 4.90 Å². The Morgan fingerprint density at radius 3 is 2.71 bits per heavy atom. The van der Waals surface area contributed by atoms with Crippen LogP contribution in [0.25, 0.3) is 0 Å². The van der Waals surface area contributed by atoms with Crippen molar-refractivity contribution in [2.24, 2.45) is 0 Å². The fourth-order valence-corrected chi connectivity index (χ4v) is 5.19. The van der Waals surface area contributed by atoms with Gasteiger partial charge in [-0.3, -0.25) is 4.79 Å². The van der Waals surface area contributed by atoms with Crippen molar-refractivity contribution < 1.29 is 9.53 Å². The molecule has 2 aliphatic heterocycles. The van der Waals surface area contributed by atoms with E-state index in [0.717, 1.165) is 56.8 Å². The Hall–Kier alpha value is -3.09. The molecule has 1 aromatic heterocycles. The van der Waals surface area contributed by atoms with Crippen molar-refractivity contribution >= 4 is 17.4 Å². The summed E-state index contributed by atoms with van der Waals surface area (Å²) in [6, 6.07) is 9.63. The van der Waals surface area contributed by atoms with Crippen LogP contribution in [0.3, 0.4) is 0 Å². The number of anilines is 2. The number of benzene rings is 1. The quantitative estimate of drug-likeness (QED) is 0.709. The second kappa shape index (κ2) is 8.21. The Kier molecular flexibility index (Phi) is 5.26. The van der Waals surface area contributed by atoms with Crippen molar-refractivity contribution in [3.8, 4) is 6.01 Å². The van der Waals surface area contributed by atoms with E-state index >= 15 is 0 Å². The van der Waals surface area contributed by atoms with Gasteiger partial charge in [-0.25, -0.2) is 0 Å². The highest BCUT2D eigenvalue weighted by Gasteiger charge is 2.33. The number of nitrogens with zero attached hydrogens (tertiary/aromatic N) is 5. The maximum absolute atomic E-state index is 11.9. The zero-order valence-corrected chi connectivity index (χ0v) is 18.1. The molecule has 162 valence electrons. The lowest BCUT2D eigenvalue weighted by Gasteiger charge is -2.38. The number of ether oxygens (including phenoxy) is 1. The van der Waals surface area contributed by atoms with Crippen molar-refractivity contribution in [3.63, 3.8) is 0 Å². The molecular weight excluding hydrogens is 390 g/mol. The Labute approximate surface area is 183 Å². The molecule has 31 heavy (non-hydrogen) atoms. The van der Waals surface area contributed by atoms with E-state index in [1.54, 1.807) is 7.11 Å². The van der Waals surface area contributed by atoms with Gasteiger partial charge < -0.3 is 19.4 Å². The summed E-state index contributed by atoms with van der Waals surface area (Å²) < 4.78 is 5.47. The van der Waals surface area contributed by atoms with Gasteiger partial charge in [-0.05, 0) is 37.0 Å². The van der Waals surface area contributed by atoms with Gasteiger partial charge in [0.25, 0.3) is 0 Å². The van der Waals surface area contributed by atoms with E-state index < -0.39 is 0 Å². The predicted octanol–water partition coefficient (Wildman–Crippen LogP) is 2.24.